The first-order valence-electron chi connectivity index (χ1n) is 5.22. The minimum atomic E-state index is -4.68. The highest BCUT2D eigenvalue weighted by Gasteiger charge is 2.58. The number of β-amino-alcohol motifs (C(OH)–C–C–N with tert-alkyl or cyclic N) is 1. The van der Waals surface area contributed by atoms with E-state index >= 15 is 0 Å². The first-order valence-corrected chi connectivity index (χ1v) is 6.38. The van der Waals surface area contributed by atoms with Crippen LogP contribution in [0.4, 0.5) is 13.2 Å². The van der Waals surface area contributed by atoms with Crippen LogP contribution in [0.25, 0.3) is 0 Å². The largest absolute Gasteiger partial charge is 0.419 e. The summed E-state index contributed by atoms with van der Waals surface area (Å²) >= 11 is 1.53. The number of rotatable bonds is 1. The monoisotopic (exact) mass is 306 g/mol. The molecule has 2 saturated heterocycles. The van der Waals surface area contributed by atoms with E-state index in [1.54, 1.807) is 0 Å². The molecule has 4 nitrogen and oxygen atoms in total. The van der Waals surface area contributed by atoms with E-state index in [0.717, 1.165) is 4.90 Å². The standard InChI is InChI=1S/C9H13F3N2O2S.ClH/c10-9(11,12)8(16)1-2-14(4-8)7(15)6-3-17-5-13-6;/h6,13,16H,1-5H2;1H. The molecule has 2 aliphatic rings. The van der Waals surface area contributed by atoms with Crippen LogP contribution < -0.4 is 5.32 Å². The van der Waals surface area contributed by atoms with Crippen LogP contribution in [0.2, 0.25) is 0 Å². The molecule has 106 valence electrons. The summed E-state index contributed by atoms with van der Waals surface area (Å²) in [5.41, 5.74) is -2.74. The summed E-state index contributed by atoms with van der Waals surface area (Å²) < 4.78 is 37.7. The summed E-state index contributed by atoms with van der Waals surface area (Å²) in [6.45, 7) is -0.699. The molecule has 0 aliphatic carbocycles. The van der Waals surface area contributed by atoms with Gasteiger partial charge in [0.2, 0.25) is 5.91 Å². The maximum absolute atomic E-state index is 12.6. The second-order valence-corrected chi connectivity index (χ2v) is 5.34. The summed E-state index contributed by atoms with van der Waals surface area (Å²) in [4.78, 5) is 12.9. The average Bonchev–Trinajstić information content (AvgIpc) is 2.84. The van der Waals surface area contributed by atoms with Gasteiger partial charge in [0, 0.05) is 24.6 Å². The van der Waals surface area contributed by atoms with E-state index in [4.69, 9.17) is 0 Å². The number of alkyl halides is 3. The Bertz CT molecular complexity index is 325. The van der Waals surface area contributed by atoms with E-state index < -0.39 is 30.8 Å². The van der Waals surface area contributed by atoms with Crippen LogP contribution in [0.3, 0.4) is 0 Å². The number of hydrogen-bond donors (Lipinski definition) is 2. The van der Waals surface area contributed by atoms with Crippen LogP contribution in [0.1, 0.15) is 6.42 Å². The van der Waals surface area contributed by atoms with Crippen LogP contribution in [-0.4, -0.2) is 58.5 Å². The molecule has 2 unspecified atom stereocenters. The highest BCUT2D eigenvalue weighted by atomic mass is 35.5. The van der Waals surface area contributed by atoms with E-state index in [9.17, 15) is 23.1 Å². The fourth-order valence-electron chi connectivity index (χ4n) is 1.99. The van der Waals surface area contributed by atoms with Crippen LogP contribution in [0, 0.1) is 0 Å². The van der Waals surface area contributed by atoms with Crippen molar-refractivity contribution in [2.24, 2.45) is 0 Å². The van der Waals surface area contributed by atoms with Gasteiger partial charge in [0.05, 0.1) is 12.6 Å². The summed E-state index contributed by atoms with van der Waals surface area (Å²) in [7, 11) is 0. The molecule has 9 heteroatoms. The molecule has 2 N–H and O–H groups in total. The zero-order valence-corrected chi connectivity index (χ0v) is 11.0. The number of aliphatic hydroxyl groups is 1. The number of halogens is 4. The molecular formula is C9H14ClF3N2O2S. The van der Waals surface area contributed by atoms with Crippen molar-refractivity contribution in [2.75, 3.05) is 24.7 Å². The molecule has 18 heavy (non-hydrogen) atoms. The normalized spacial score (nSPS) is 32.4. The van der Waals surface area contributed by atoms with Gasteiger partial charge in [-0.3, -0.25) is 10.1 Å². The average molecular weight is 307 g/mol. The molecule has 0 aromatic carbocycles. The predicted molar refractivity (Wildman–Crippen MR) is 63.7 cm³/mol. The second kappa shape index (κ2) is 5.44. The number of amides is 1. The van der Waals surface area contributed by atoms with Gasteiger partial charge in [-0.25, -0.2) is 0 Å². The van der Waals surface area contributed by atoms with Crippen molar-refractivity contribution in [3.63, 3.8) is 0 Å². The van der Waals surface area contributed by atoms with Crippen LogP contribution >= 0.6 is 24.2 Å². The molecule has 0 saturated carbocycles. The zero-order valence-electron chi connectivity index (χ0n) is 9.37. The Morgan fingerprint density at radius 1 is 1.50 bits per heavy atom. The van der Waals surface area contributed by atoms with Gasteiger partial charge in [-0.05, 0) is 0 Å². The Kier molecular flexibility index (Phi) is 4.80. The lowest BCUT2D eigenvalue weighted by Gasteiger charge is -2.26. The lowest BCUT2D eigenvalue weighted by Crippen LogP contribution is -2.50. The lowest BCUT2D eigenvalue weighted by atomic mass is 10.0. The Balaban J connectivity index is 0.00000162. The predicted octanol–water partition coefficient (Wildman–Crippen LogP) is 0.596. The van der Waals surface area contributed by atoms with E-state index in [1.807, 2.05) is 0 Å². The third-order valence-corrected chi connectivity index (χ3v) is 4.04. The number of thioether (sulfide) groups is 1. The maximum Gasteiger partial charge on any atom is 0.419 e. The number of hydrogen-bond acceptors (Lipinski definition) is 4. The van der Waals surface area contributed by atoms with Gasteiger partial charge in [-0.15, -0.1) is 24.2 Å². The minimum Gasteiger partial charge on any atom is -0.379 e. The summed E-state index contributed by atoms with van der Waals surface area (Å²) in [5.74, 6) is 0.850. The highest BCUT2D eigenvalue weighted by molar-refractivity contribution is 7.99. The molecule has 2 heterocycles. The van der Waals surface area contributed by atoms with Crippen LogP contribution in [0.5, 0.6) is 0 Å². The van der Waals surface area contributed by atoms with Crippen molar-refractivity contribution in [1.82, 2.24) is 10.2 Å². The van der Waals surface area contributed by atoms with Gasteiger partial charge in [-0.1, -0.05) is 0 Å². The molecule has 2 aliphatic heterocycles. The SMILES string of the molecule is Cl.O=C(C1CSCN1)N1CCC(O)(C(F)(F)F)C1. The van der Waals surface area contributed by atoms with Gasteiger partial charge in [0.15, 0.2) is 5.60 Å². The lowest BCUT2D eigenvalue weighted by molar-refractivity contribution is -0.253. The number of carbonyl (C=O) groups is 1. The van der Waals surface area contributed by atoms with Crippen molar-refractivity contribution in [3.8, 4) is 0 Å². The maximum atomic E-state index is 12.6. The molecular weight excluding hydrogens is 293 g/mol. The van der Waals surface area contributed by atoms with E-state index in [1.165, 1.54) is 11.8 Å². The molecule has 2 atom stereocenters. The van der Waals surface area contributed by atoms with Crippen LogP contribution in [-0.2, 0) is 4.79 Å². The number of nitrogens with zero attached hydrogens (tertiary/aromatic N) is 1. The van der Waals surface area contributed by atoms with Crippen molar-refractivity contribution in [3.05, 3.63) is 0 Å². The molecule has 0 radical (unpaired) electrons. The third kappa shape index (κ3) is 2.87. The fourth-order valence-corrected chi connectivity index (χ4v) is 2.92. The van der Waals surface area contributed by atoms with E-state index in [-0.39, 0.29) is 24.9 Å². The Morgan fingerprint density at radius 3 is 2.61 bits per heavy atom. The summed E-state index contributed by atoms with van der Waals surface area (Å²) in [6, 6.07) is -0.421. The Hall–Kier alpha value is -0.180. The van der Waals surface area contributed by atoms with Gasteiger partial charge in [-0.2, -0.15) is 13.2 Å². The highest BCUT2D eigenvalue weighted by Crippen LogP contribution is 2.37. The zero-order chi connectivity index (χ0) is 12.7. The Labute approximate surface area is 113 Å². The van der Waals surface area contributed by atoms with Crippen molar-refractivity contribution >= 4 is 30.1 Å². The number of likely N-dealkylation sites (tertiary alicyclic amines) is 1. The van der Waals surface area contributed by atoms with Crippen molar-refractivity contribution < 1.29 is 23.1 Å². The van der Waals surface area contributed by atoms with E-state index in [2.05, 4.69) is 5.32 Å². The Morgan fingerprint density at radius 2 is 2.17 bits per heavy atom. The topological polar surface area (TPSA) is 52.6 Å². The smallest absolute Gasteiger partial charge is 0.379 e. The minimum absolute atomic E-state index is 0. The van der Waals surface area contributed by atoms with Crippen molar-refractivity contribution in [1.29, 1.82) is 0 Å². The van der Waals surface area contributed by atoms with Gasteiger partial charge < -0.3 is 10.0 Å². The van der Waals surface area contributed by atoms with Crippen LogP contribution in [0.15, 0.2) is 0 Å². The first-order chi connectivity index (χ1) is 7.83. The van der Waals surface area contributed by atoms with Crippen molar-refractivity contribution in [2.45, 2.75) is 24.2 Å². The number of carbonyl (C=O) groups excluding carboxylic acids is 1. The van der Waals surface area contributed by atoms with Gasteiger partial charge in [0.25, 0.3) is 0 Å². The first kappa shape index (κ1) is 15.9. The second-order valence-electron chi connectivity index (χ2n) is 4.31. The molecule has 2 rings (SSSR count). The summed E-state index contributed by atoms with van der Waals surface area (Å²) in [6.07, 6.45) is -5.12. The summed E-state index contributed by atoms with van der Waals surface area (Å²) in [5, 5.41) is 12.4. The van der Waals surface area contributed by atoms with Gasteiger partial charge in [0.1, 0.15) is 0 Å². The van der Waals surface area contributed by atoms with Gasteiger partial charge >= 0.3 is 6.18 Å². The molecule has 1 amide bonds. The fraction of sp³-hybridized carbons (Fsp3) is 0.889. The quantitative estimate of drug-likeness (QED) is 0.745. The molecule has 0 aromatic rings. The molecule has 0 spiro atoms. The molecule has 2 fully saturated rings. The van der Waals surface area contributed by atoms with E-state index in [0.29, 0.717) is 11.6 Å². The third-order valence-electron chi connectivity index (χ3n) is 3.10. The molecule has 0 aromatic heterocycles. The number of nitrogens with one attached hydrogen (secondary N) is 1. The molecule has 0 bridgehead atoms.